The minimum atomic E-state index is 0.0387. The van der Waals surface area contributed by atoms with Gasteiger partial charge in [-0.05, 0) is 69.7 Å². The predicted octanol–water partition coefficient (Wildman–Crippen LogP) is 4.89. The molecule has 0 bridgehead atoms. The Kier molecular flexibility index (Phi) is 6.77. The Morgan fingerprint density at radius 1 is 1.06 bits per heavy atom. The molecule has 0 spiro atoms. The molecule has 0 radical (unpaired) electrons. The van der Waals surface area contributed by atoms with Crippen LogP contribution < -0.4 is 0 Å². The topological polar surface area (TPSA) is 51.9 Å². The zero-order valence-electron chi connectivity index (χ0n) is 19.9. The fourth-order valence-corrected chi connectivity index (χ4v) is 5.82. The summed E-state index contributed by atoms with van der Waals surface area (Å²) in [6.07, 6.45) is 6.74. The summed E-state index contributed by atoms with van der Waals surface area (Å²) in [7, 11) is 2.04. The fourth-order valence-electron chi connectivity index (χ4n) is 5.69. The molecule has 2 aliphatic heterocycles. The van der Waals surface area contributed by atoms with Crippen LogP contribution in [0, 0.1) is 6.92 Å². The van der Waals surface area contributed by atoms with Gasteiger partial charge >= 0.3 is 0 Å². The number of morpholine rings is 1. The summed E-state index contributed by atoms with van der Waals surface area (Å²) in [5.74, 6) is 0.571. The number of halogens is 1. The predicted molar refractivity (Wildman–Crippen MR) is 131 cm³/mol. The van der Waals surface area contributed by atoms with Crippen LogP contribution in [0.2, 0.25) is 5.02 Å². The molecule has 7 heteroatoms. The zero-order chi connectivity index (χ0) is 22.9. The molecule has 5 rings (SSSR count). The van der Waals surface area contributed by atoms with Gasteiger partial charge in [-0.15, -0.1) is 0 Å². The van der Waals surface area contributed by atoms with Gasteiger partial charge in [0.15, 0.2) is 6.10 Å². The van der Waals surface area contributed by atoms with Gasteiger partial charge in [-0.3, -0.25) is 9.58 Å². The van der Waals surface area contributed by atoms with Crippen LogP contribution in [0.3, 0.4) is 0 Å². The van der Waals surface area contributed by atoms with E-state index in [2.05, 4.69) is 35.2 Å². The molecule has 3 atom stereocenters. The number of oxime groups is 1. The van der Waals surface area contributed by atoms with Crippen molar-refractivity contribution in [3.05, 3.63) is 52.3 Å². The van der Waals surface area contributed by atoms with E-state index in [4.69, 9.17) is 26.3 Å². The van der Waals surface area contributed by atoms with Crippen molar-refractivity contribution in [1.82, 2.24) is 14.7 Å². The van der Waals surface area contributed by atoms with Crippen molar-refractivity contribution in [3.8, 4) is 0 Å². The molecule has 1 saturated heterocycles. The molecule has 3 aliphatic rings. The van der Waals surface area contributed by atoms with Crippen LogP contribution in [0.4, 0.5) is 0 Å². The van der Waals surface area contributed by atoms with Gasteiger partial charge in [0.05, 0.1) is 18.0 Å². The average Bonchev–Trinajstić information content (AvgIpc) is 3.41. The Balaban J connectivity index is 1.28. The number of hydrogen-bond acceptors (Lipinski definition) is 5. The van der Waals surface area contributed by atoms with Crippen LogP contribution in [0.5, 0.6) is 0 Å². The van der Waals surface area contributed by atoms with Crippen molar-refractivity contribution in [3.63, 3.8) is 0 Å². The zero-order valence-corrected chi connectivity index (χ0v) is 20.7. The highest BCUT2D eigenvalue weighted by molar-refractivity contribution is 6.30. The summed E-state index contributed by atoms with van der Waals surface area (Å²) in [4.78, 5) is 8.43. The summed E-state index contributed by atoms with van der Waals surface area (Å²) in [5, 5.41) is 9.72. The van der Waals surface area contributed by atoms with Gasteiger partial charge in [0.1, 0.15) is 6.10 Å². The minimum absolute atomic E-state index is 0.0387. The highest BCUT2D eigenvalue weighted by atomic mass is 35.5. The number of ether oxygens (including phenoxy) is 1. The van der Waals surface area contributed by atoms with Gasteiger partial charge in [-0.25, -0.2) is 0 Å². The maximum atomic E-state index is 6.37. The lowest BCUT2D eigenvalue weighted by Gasteiger charge is -2.46. The van der Waals surface area contributed by atoms with Crippen molar-refractivity contribution < 1.29 is 9.57 Å². The molecule has 1 saturated carbocycles. The molecule has 2 fully saturated rings. The molecule has 1 aliphatic carbocycles. The maximum absolute atomic E-state index is 6.37. The number of hydrogen-bond donors (Lipinski definition) is 0. The van der Waals surface area contributed by atoms with Crippen LogP contribution in [0.1, 0.15) is 61.9 Å². The van der Waals surface area contributed by atoms with Gasteiger partial charge in [-0.1, -0.05) is 28.9 Å². The van der Waals surface area contributed by atoms with Crippen molar-refractivity contribution in [2.45, 2.75) is 82.6 Å². The first-order valence-corrected chi connectivity index (χ1v) is 12.7. The van der Waals surface area contributed by atoms with Crippen LogP contribution in [-0.4, -0.2) is 57.8 Å². The van der Waals surface area contributed by atoms with Gasteiger partial charge in [-0.2, -0.15) is 5.10 Å². The Labute approximate surface area is 201 Å². The second-order valence-electron chi connectivity index (χ2n) is 10.1. The molecule has 1 unspecified atom stereocenters. The lowest BCUT2D eigenvalue weighted by atomic mass is 9.82. The van der Waals surface area contributed by atoms with Crippen molar-refractivity contribution in [2.75, 3.05) is 13.2 Å². The lowest BCUT2D eigenvalue weighted by Crippen LogP contribution is -2.57. The Hall–Kier alpha value is -1.89. The lowest BCUT2D eigenvalue weighted by molar-refractivity contribution is -0.133. The first kappa shape index (κ1) is 22.9. The number of aryl methyl sites for hydroxylation is 2. The molecule has 3 heterocycles. The van der Waals surface area contributed by atoms with E-state index >= 15 is 0 Å². The van der Waals surface area contributed by atoms with E-state index in [1.807, 2.05) is 30.8 Å². The van der Waals surface area contributed by atoms with Crippen LogP contribution >= 0.6 is 11.6 Å². The Morgan fingerprint density at radius 2 is 1.82 bits per heavy atom. The van der Waals surface area contributed by atoms with Gasteiger partial charge < -0.3 is 9.57 Å². The van der Waals surface area contributed by atoms with Crippen molar-refractivity contribution in [1.29, 1.82) is 0 Å². The molecule has 178 valence electrons. The second kappa shape index (κ2) is 9.77. The van der Waals surface area contributed by atoms with Crippen LogP contribution in [-0.2, 0) is 23.0 Å². The summed E-state index contributed by atoms with van der Waals surface area (Å²) in [6.45, 7) is 5.80. The molecule has 0 N–H and O–H groups in total. The van der Waals surface area contributed by atoms with E-state index in [1.165, 1.54) is 42.6 Å². The number of rotatable bonds is 5. The third-order valence-corrected chi connectivity index (χ3v) is 7.97. The molecule has 1 aromatic heterocycles. The molecule has 0 amide bonds. The van der Waals surface area contributed by atoms with E-state index < -0.39 is 0 Å². The van der Waals surface area contributed by atoms with Gasteiger partial charge in [0.25, 0.3) is 0 Å². The normalized spacial score (nSPS) is 30.8. The third kappa shape index (κ3) is 5.13. The second-order valence-corrected chi connectivity index (χ2v) is 10.5. The highest BCUT2D eigenvalue weighted by Gasteiger charge is 2.40. The van der Waals surface area contributed by atoms with E-state index in [0.29, 0.717) is 18.0 Å². The number of benzene rings is 1. The van der Waals surface area contributed by atoms with E-state index in [1.54, 1.807) is 0 Å². The monoisotopic (exact) mass is 470 g/mol. The highest BCUT2D eigenvalue weighted by Crippen LogP contribution is 2.37. The molecule has 2 aromatic rings. The Morgan fingerprint density at radius 3 is 2.45 bits per heavy atom. The fraction of sp³-hybridized carbons (Fsp3) is 0.615. The van der Waals surface area contributed by atoms with Crippen LogP contribution in [0.25, 0.3) is 0 Å². The number of aromatic nitrogens is 2. The minimum Gasteiger partial charge on any atom is -0.389 e. The summed E-state index contributed by atoms with van der Waals surface area (Å²) >= 11 is 6.12. The first-order chi connectivity index (χ1) is 16.0. The maximum Gasteiger partial charge on any atom is 0.160 e. The van der Waals surface area contributed by atoms with Gasteiger partial charge in [0.2, 0.25) is 0 Å². The van der Waals surface area contributed by atoms with E-state index in [0.717, 1.165) is 36.7 Å². The van der Waals surface area contributed by atoms with E-state index in [-0.39, 0.29) is 12.2 Å². The molecule has 1 aromatic carbocycles. The smallest absolute Gasteiger partial charge is 0.160 e. The largest absolute Gasteiger partial charge is 0.389 e. The summed E-state index contributed by atoms with van der Waals surface area (Å²) in [6, 6.07) is 11.5. The Bertz CT molecular complexity index is 961. The number of nitrogens with zero attached hydrogens (tertiary/aromatic N) is 4. The van der Waals surface area contributed by atoms with E-state index in [9.17, 15) is 0 Å². The molecule has 6 nitrogen and oxygen atoms in total. The summed E-state index contributed by atoms with van der Waals surface area (Å²) in [5.41, 5.74) is 4.87. The SMILES string of the molecule is CC1=NOC([C@H]2CN(C3CCC(c4cc(C)n(C)n4)CC3)[C@@H](Cc3ccc(Cl)cc3)CO2)C1. The molecular weight excluding hydrogens is 436 g/mol. The quantitative estimate of drug-likeness (QED) is 0.624. The summed E-state index contributed by atoms with van der Waals surface area (Å²) < 4.78 is 8.37. The van der Waals surface area contributed by atoms with Crippen LogP contribution in [0.15, 0.2) is 35.5 Å². The molecular formula is C26H35ClN4O2. The van der Waals surface area contributed by atoms with Gasteiger partial charge in [0, 0.05) is 48.7 Å². The standard InChI is InChI=1S/C26H35ClN4O2/c1-17-12-25(33-29-17)26-15-31(23(16-32-26)14-19-4-8-21(27)9-5-19)22-10-6-20(7-11-22)24-13-18(2)30(3)28-24/h4-5,8-9,13,20,22-23,25-26H,6-7,10-12,14-16H2,1-3H3/t20?,22?,23-,25?,26+/m0/s1. The van der Waals surface area contributed by atoms with Crippen molar-refractivity contribution in [2.24, 2.45) is 12.2 Å². The molecule has 33 heavy (non-hydrogen) atoms. The van der Waals surface area contributed by atoms with Crippen molar-refractivity contribution >= 4 is 17.3 Å². The first-order valence-electron chi connectivity index (χ1n) is 12.3. The average molecular weight is 471 g/mol. The third-order valence-electron chi connectivity index (χ3n) is 7.72.